The lowest BCUT2D eigenvalue weighted by Gasteiger charge is -2.09. The topological polar surface area (TPSA) is 88.0 Å². The van der Waals surface area contributed by atoms with Crippen molar-refractivity contribution < 1.29 is 9.26 Å². The molecule has 2 heterocycles. The summed E-state index contributed by atoms with van der Waals surface area (Å²) in [6.07, 6.45) is 4.19. The van der Waals surface area contributed by atoms with Crippen LogP contribution in [0.3, 0.4) is 0 Å². The van der Waals surface area contributed by atoms with E-state index in [1.807, 2.05) is 43.3 Å². The maximum Gasteiger partial charge on any atom is 0.187 e. The number of H-pyrrole nitrogens is 1. The highest BCUT2D eigenvalue weighted by atomic mass is 32.2. The van der Waals surface area contributed by atoms with Gasteiger partial charge in [0, 0.05) is 28.6 Å². The van der Waals surface area contributed by atoms with Crippen LogP contribution >= 0.6 is 11.9 Å². The molecule has 1 saturated carbocycles. The lowest BCUT2D eigenvalue weighted by molar-refractivity contribution is 0.417. The van der Waals surface area contributed by atoms with Crippen molar-refractivity contribution in [2.45, 2.75) is 30.6 Å². The average Bonchev–Trinajstić information content (AvgIpc) is 3.56. The van der Waals surface area contributed by atoms with Crippen LogP contribution in [-0.2, 0) is 0 Å². The molecule has 3 N–H and O–H groups in total. The molecular formula is C29H29N5O2S. The van der Waals surface area contributed by atoms with Crippen LogP contribution in [0.25, 0.3) is 22.1 Å². The van der Waals surface area contributed by atoms with E-state index in [0.29, 0.717) is 23.1 Å². The number of anilines is 3. The van der Waals surface area contributed by atoms with Gasteiger partial charge in [-0.25, -0.2) is 0 Å². The molecule has 1 fully saturated rings. The van der Waals surface area contributed by atoms with Crippen LogP contribution < -0.4 is 14.8 Å². The molecule has 5 aromatic rings. The third-order valence-electron chi connectivity index (χ3n) is 5.90. The maximum absolute atomic E-state index is 5.63. The van der Waals surface area contributed by atoms with Gasteiger partial charge in [0.05, 0.1) is 18.2 Å². The zero-order chi connectivity index (χ0) is 25.6. The van der Waals surface area contributed by atoms with Crippen LogP contribution in [0, 0.1) is 0 Å². The number of hydrogen-bond donors (Lipinski definition) is 3. The number of nitrogens with one attached hydrogen (secondary N) is 3. The smallest absolute Gasteiger partial charge is 0.187 e. The van der Waals surface area contributed by atoms with Gasteiger partial charge in [0.15, 0.2) is 17.2 Å². The molecule has 37 heavy (non-hydrogen) atoms. The fourth-order valence-corrected chi connectivity index (χ4v) is 4.53. The Morgan fingerprint density at radius 2 is 1.78 bits per heavy atom. The molecule has 7 nitrogen and oxygen atoms in total. The predicted octanol–water partition coefficient (Wildman–Crippen LogP) is 8.16. The highest BCUT2D eigenvalue weighted by molar-refractivity contribution is 8.00. The van der Waals surface area contributed by atoms with Crippen LogP contribution in [0.1, 0.15) is 31.4 Å². The summed E-state index contributed by atoms with van der Waals surface area (Å²) in [5.74, 6) is 2.70. The molecule has 1 aliphatic carbocycles. The number of methoxy groups -OCH3 is 1. The first kappa shape index (κ1) is 24.5. The van der Waals surface area contributed by atoms with Gasteiger partial charge in [-0.15, -0.1) is 6.58 Å². The quantitative estimate of drug-likeness (QED) is 0.143. The molecule has 0 saturated heterocycles. The van der Waals surface area contributed by atoms with Crippen molar-refractivity contribution in [2.24, 2.45) is 0 Å². The first-order valence-corrected chi connectivity index (χ1v) is 12.9. The fourth-order valence-electron chi connectivity index (χ4n) is 3.90. The van der Waals surface area contributed by atoms with Gasteiger partial charge >= 0.3 is 0 Å². The minimum atomic E-state index is 0.613. The summed E-state index contributed by atoms with van der Waals surface area (Å²) in [6.45, 7) is 5.25. The van der Waals surface area contributed by atoms with Crippen molar-refractivity contribution >= 4 is 40.2 Å². The largest absolute Gasteiger partial charge is 0.495 e. The lowest BCUT2D eigenvalue weighted by Crippen LogP contribution is -1.95. The number of hydrogen-bond acceptors (Lipinski definition) is 7. The zero-order valence-corrected chi connectivity index (χ0v) is 21.6. The monoisotopic (exact) mass is 511 g/mol. The Morgan fingerprint density at radius 3 is 2.49 bits per heavy atom. The first-order valence-electron chi connectivity index (χ1n) is 12.1. The lowest BCUT2D eigenvalue weighted by atomic mass is 10.1. The van der Waals surface area contributed by atoms with Crippen LogP contribution in [0.5, 0.6) is 5.75 Å². The van der Waals surface area contributed by atoms with Crippen LogP contribution in [0.15, 0.2) is 94.9 Å². The van der Waals surface area contributed by atoms with Gasteiger partial charge in [-0.2, -0.15) is 5.10 Å². The average molecular weight is 512 g/mol. The van der Waals surface area contributed by atoms with Gasteiger partial charge in [-0.1, -0.05) is 53.7 Å². The van der Waals surface area contributed by atoms with Crippen LogP contribution in [-0.4, -0.2) is 22.5 Å². The Hall–Kier alpha value is -4.17. The molecule has 3 aromatic carbocycles. The van der Waals surface area contributed by atoms with Gasteiger partial charge in [0.25, 0.3) is 0 Å². The molecule has 2 aromatic heterocycles. The van der Waals surface area contributed by atoms with E-state index in [1.54, 1.807) is 13.2 Å². The molecule has 0 aliphatic heterocycles. The molecule has 0 radical (unpaired) electrons. The van der Waals surface area contributed by atoms with Crippen LogP contribution in [0.4, 0.5) is 17.3 Å². The standard InChI is InChI=1S/C26H23N5O2S.C3H6/c1-32-24-13-20-23(14-22(24)27-25-15-21(28-29-25)18-7-8-18)33-30-26(20)31-34-19-11-9-17(10-12-19)16-5-3-2-4-6-16;1-3-2/h2-6,9-15,18H,7-8H2,1H3,(H,30,31)(H2,27,28,29);3H,1H2,2H3. The third kappa shape index (κ3) is 5.81. The normalized spacial score (nSPS) is 12.5. The van der Waals surface area contributed by atoms with Crippen LogP contribution in [0.2, 0.25) is 0 Å². The van der Waals surface area contributed by atoms with Crippen molar-refractivity contribution in [3.8, 4) is 16.9 Å². The van der Waals surface area contributed by atoms with Crippen molar-refractivity contribution in [1.82, 2.24) is 15.4 Å². The Balaban J connectivity index is 0.000000892. The summed E-state index contributed by atoms with van der Waals surface area (Å²) >= 11 is 1.49. The number of benzene rings is 3. The highest BCUT2D eigenvalue weighted by Gasteiger charge is 2.25. The minimum Gasteiger partial charge on any atom is -0.495 e. The second-order valence-corrected chi connectivity index (χ2v) is 9.57. The molecule has 0 atom stereocenters. The van der Waals surface area contributed by atoms with E-state index in [0.717, 1.165) is 21.8 Å². The predicted molar refractivity (Wildman–Crippen MR) is 152 cm³/mol. The van der Waals surface area contributed by atoms with E-state index in [2.05, 4.69) is 68.4 Å². The first-order chi connectivity index (χ1) is 18.2. The summed E-state index contributed by atoms with van der Waals surface area (Å²) in [7, 11) is 1.65. The van der Waals surface area contributed by atoms with Crippen molar-refractivity contribution in [2.75, 3.05) is 17.1 Å². The Labute approximate surface area is 220 Å². The van der Waals surface area contributed by atoms with Gasteiger partial charge in [-0.05, 0) is 61.0 Å². The van der Waals surface area contributed by atoms with E-state index in [-0.39, 0.29) is 0 Å². The SMILES string of the molecule is C=CC.COc1cc2c(NSc3ccc(-c4ccccc4)cc3)noc2cc1Nc1cc(C2CC2)[nH]n1. The third-order valence-corrected chi connectivity index (χ3v) is 6.70. The molecule has 0 spiro atoms. The summed E-state index contributed by atoms with van der Waals surface area (Å²) in [5, 5.41) is 15.9. The second kappa shape index (κ2) is 11.3. The fraction of sp³-hybridized carbons (Fsp3) is 0.172. The summed E-state index contributed by atoms with van der Waals surface area (Å²) in [5.41, 5.74) is 4.98. The number of ether oxygens (including phenoxy) is 1. The van der Waals surface area contributed by atoms with E-state index >= 15 is 0 Å². The van der Waals surface area contributed by atoms with E-state index < -0.39 is 0 Å². The molecular weight excluding hydrogens is 482 g/mol. The Kier molecular flexibility index (Phi) is 7.46. The number of rotatable bonds is 8. The molecule has 188 valence electrons. The number of aromatic amines is 1. The minimum absolute atomic E-state index is 0.613. The number of aromatic nitrogens is 3. The summed E-state index contributed by atoms with van der Waals surface area (Å²) in [6, 6.07) is 24.6. The van der Waals surface area contributed by atoms with Gasteiger partial charge < -0.3 is 19.3 Å². The van der Waals surface area contributed by atoms with Crippen molar-refractivity contribution in [3.05, 3.63) is 91.1 Å². The zero-order valence-electron chi connectivity index (χ0n) is 20.8. The number of fused-ring (bicyclic) bond motifs is 1. The molecule has 0 bridgehead atoms. The molecule has 1 aliphatic rings. The summed E-state index contributed by atoms with van der Waals surface area (Å²) < 4.78 is 14.5. The number of nitrogens with zero attached hydrogens (tertiary/aromatic N) is 2. The molecule has 0 amide bonds. The molecule has 0 unspecified atom stereocenters. The van der Waals surface area contributed by atoms with E-state index in [4.69, 9.17) is 9.26 Å². The van der Waals surface area contributed by atoms with Gasteiger partial charge in [0.1, 0.15) is 5.75 Å². The van der Waals surface area contributed by atoms with E-state index in [9.17, 15) is 0 Å². The molecule has 8 heteroatoms. The van der Waals surface area contributed by atoms with E-state index in [1.165, 1.54) is 41.6 Å². The second-order valence-electron chi connectivity index (χ2n) is 8.69. The van der Waals surface area contributed by atoms with Gasteiger partial charge in [0.2, 0.25) is 0 Å². The Morgan fingerprint density at radius 1 is 1.05 bits per heavy atom. The van der Waals surface area contributed by atoms with Gasteiger partial charge in [-0.3, -0.25) is 5.10 Å². The van der Waals surface area contributed by atoms with Crippen molar-refractivity contribution in [1.29, 1.82) is 0 Å². The molecule has 6 rings (SSSR count). The highest BCUT2D eigenvalue weighted by Crippen LogP contribution is 2.41. The summed E-state index contributed by atoms with van der Waals surface area (Å²) in [4.78, 5) is 1.08. The number of allylic oxidation sites excluding steroid dienone is 1. The maximum atomic E-state index is 5.63. The van der Waals surface area contributed by atoms with Crippen molar-refractivity contribution in [3.63, 3.8) is 0 Å². The Bertz CT molecular complexity index is 1470.